The van der Waals surface area contributed by atoms with Gasteiger partial charge in [0, 0.05) is 25.0 Å². The van der Waals surface area contributed by atoms with Gasteiger partial charge in [0.25, 0.3) is 5.91 Å². The molecule has 2 aliphatic rings. The number of carbonyl (C=O) groups excluding carboxylic acids is 1. The molecule has 118 valence electrons. The summed E-state index contributed by atoms with van der Waals surface area (Å²) in [6.45, 7) is 8.32. The minimum atomic E-state index is -0.564. The second-order valence-electron chi connectivity index (χ2n) is 6.57. The third kappa shape index (κ3) is 3.11. The number of fused-ring (bicyclic) bond motifs is 1. The van der Waals surface area contributed by atoms with E-state index in [-0.39, 0.29) is 5.41 Å². The van der Waals surface area contributed by atoms with E-state index >= 15 is 0 Å². The van der Waals surface area contributed by atoms with Crippen molar-refractivity contribution in [2.75, 3.05) is 13.6 Å². The van der Waals surface area contributed by atoms with Gasteiger partial charge in [-0.1, -0.05) is 13.8 Å². The molecule has 0 saturated heterocycles. The Morgan fingerprint density at radius 3 is 2.52 bits per heavy atom. The smallest absolute Gasteiger partial charge is 0.269 e. The predicted molar refractivity (Wildman–Crippen MR) is 80.7 cm³/mol. The second-order valence-corrected chi connectivity index (χ2v) is 6.57. The van der Waals surface area contributed by atoms with Gasteiger partial charge in [0.2, 0.25) is 0 Å². The van der Waals surface area contributed by atoms with Gasteiger partial charge in [0.1, 0.15) is 5.69 Å². The molecule has 0 bridgehead atoms. The minimum Gasteiger partial charge on any atom is -0.390 e. The summed E-state index contributed by atoms with van der Waals surface area (Å²) in [6.07, 6.45) is 1.55. The van der Waals surface area contributed by atoms with Crippen molar-refractivity contribution in [1.29, 1.82) is 0 Å². The molecule has 1 amide bonds. The Morgan fingerprint density at radius 1 is 1.38 bits per heavy atom. The average Bonchev–Trinajstić information content (AvgIpc) is 2.66. The molecule has 6 nitrogen and oxygen atoms in total. The van der Waals surface area contributed by atoms with Crippen molar-refractivity contribution >= 4 is 5.91 Å². The number of aromatic nitrogens is 2. The zero-order valence-electron chi connectivity index (χ0n) is 13.4. The SMILES string of the molecule is CC.CN1Cc2cc(C(N)=O)nn2CC2(C1)CC(C)(O)C2. The van der Waals surface area contributed by atoms with E-state index in [4.69, 9.17) is 5.73 Å². The van der Waals surface area contributed by atoms with Crippen LogP contribution in [0.5, 0.6) is 0 Å². The van der Waals surface area contributed by atoms with Crippen LogP contribution in [0.2, 0.25) is 0 Å². The van der Waals surface area contributed by atoms with E-state index in [9.17, 15) is 9.90 Å². The van der Waals surface area contributed by atoms with Crippen molar-refractivity contribution in [3.05, 3.63) is 17.5 Å². The third-order valence-electron chi connectivity index (χ3n) is 4.15. The number of hydrogen-bond donors (Lipinski definition) is 2. The summed E-state index contributed by atoms with van der Waals surface area (Å²) in [5.41, 5.74) is 6.12. The number of nitrogens with two attached hydrogens (primary N) is 1. The van der Waals surface area contributed by atoms with Gasteiger partial charge in [-0.25, -0.2) is 0 Å². The van der Waals surface area contributed by atoms with Gasteiger partial charge in [-0.3, -0.25) is 14.4 Å². The molecule has 1 aromatic rings. The largest absolute Gasteiger partial charge is 0.390 e. The molecule has 1 aliphatic carbocycles. The van der Waals surface area contributed by atoms with Gasteiger partial charge in [0.05, 0.1) is 11.3 Å². The molecule has 21 heavy (non-hydrogen) atoms. The first kappa shape index (κ1) is 16.0. The molecule has 3 N–H and O–H groups in total. The van der Waals surface area contributed by atoms with E-state index in [1.165, 1.54) is 0 Å². The van der Waals surface area contributed by atoms with E-state index in [1.54, 1.807) is 6.07 Å². The first-order valence-corrected chi connectivity index (χ1v) is 7.56. The molecule has 1 aliphatic heterocycles. The van der Waals surface area contributed by atoms with E-state index in [1.807, 2.05) is 25.5 Å². The fourth-order valence-corrected chi connectivity index (χ4v) is 3.90. The highest BCUT2D eigenvalue weighted by Crippen LogP contribution is 2.50. The Balaban J connectivity index is 0.000000774. The highest BCUT2D eigenvalue weighted by atomic mass is 16.3. The number of carbonyl (C=O) groups is 1. The van der Waals surface area contributed by atoms with Crippen LogP contribution in [0.4, 0.5) is 0 Å². The van der Waals surface area contributed by atoms with Crippen LogP contribution in [0, 0.1) is 5.41 Å². The lowest BCUT2D eigenvalue weighted by atomic mass is 9.59. The molecule has 1 saturated carbocycles. The van der Waals surface area contributed by atoms with Crippen molar-refractivity contribution in [3.63, 3.8) is 0 Å². The number of hydrogen-bond acceptors (Lipinski definition) is 4. The van der Waals surface area contributed by atoms with Gasteiger partial charge in [-0.2, -0.15) is 5.10 Å². The summed E-state index contributed by atoms with van der Waals surface area (Å²) >= 11 is 0. The standard InChI is InChI=1S/C13H20N4O2.C2H6/c1-12(19)5-13(6-12)7-16(2)4-9-3-10(11(14)18)15-17(9)8-13;1-2/h3,19H,4-8H2,1-2H3,(H2,14,18);1-2H3. The number of aliphatic hydroxyl groups is 1. The first-order valence-electron chi connectivity index (χ1n) is 7.56. The Morgan fingerprint density at radius 2 is 2.00 bits per heavy atom. The van der Waals surface area contributed by atoms with E-state index < -0.39 is 11.5 Å². The average molecular weight is 294 g/mol. The molecular weight excluding hydrogens is 268 g/mol. The van der Waals surface area contributed by atoms with Crippen LogP contribution in [0.3, 0.4) is 0 Å². The fourth-order valence-electron chi connectivity index (χ4n) is 3.90. The number of nitrogens with zero attached hydrogens (tertiary/aromatic N) is 3. The fraction of sp³-hybridized carbons (Fsp3) is 0.733. The summed E-state index contributed by atoms with van der Waals surface area (Å²) in [7, 11) is 2.06. The third-order valence-corrected chi connectivity index (χ3v) is 4.15. The summed E-state index contributed by atoms with van der Waals surface area (Å²) in [5.74, 6) is -0.488. The molecule has 1 fully saturated rings. The highest BCUT2D eigenvalue weighted by molar-refractivity contribution is 5.90. The van der Waals surface area contributed by atoms with Crippen LogP contribution in [0.1, 0.15) is 49.8 Å². The Hall–Kier alpha value is -1.40. The van der Waals surface area contributed by atoms with Crippen molar-refractivity contribution in [2.45, 2.75) is 52.3 Å². The molecule has 0 aromatic carbocycles. The molecule has 0 radical (unpaired) electrons. The van der Waals surface area contributed by atoms with Gasteiger partial charge in [-0.05, 0) is 32.9 Å². The van der Waals surface area contributed by atoms with Gasteiger partial charge in [-0.15, -0.1) is 0 Å². The Bertz CT molecular complexity index is 528. The lowest BCUT2D eigenvalue weighted by Crippen LogP contribution is -2.55. The number of primary amides is 1. The van der Waals surface area contributed by atoms with Crippen LogP contribution < -0.4 is 5.73 Å². The molecule has 0 unspecified atom stereocenters. The highest BCUT2D eigenvalue weighted by Gasteiger charge is 2.52. The van der Waals surface area contributed by atoms with E-state index in [0.717, 1.165) is 38.2 Å². The normalized spacial score (nSPS) is 31.7. The maximum absolute atomic E-state index is 11.2. The van der Waals surface area contributed by atoms with Crippen LogP contribution in [-0.2, 0) is 13.1 Å². The van der Waals surface area contributed by atoms with Gasteiger partial charge >= 0.3 is 0 Å². The molecule has 1 aromatic heterocycles. The minimum absolute atomic E-state index is 0.0600. The maximum Gasteiger partial charge on any atom is 0.269 e. The van der Waals surface area contributed by atoms with Crippen molar-refractivity contribution < 1.29 is 9.90 Å². The lowest BCUT2D eigenvalue weighted by molar-refractivity contribution is -0.129. The van der Waals surface area contributed by atoms with Gasteiger partial charge < -0.3 is 10.8 Å². The van der Waals surface area contributed by atoms with Crippen LogP contribution in [0.15, 0.2) is 6.07 Å². The van der Waals surface area contributed by atoms with Crippen molar-refractivity contribution in [2.24, 2.45) is 11.1 Å². The maximum atomic E-state index is 11.2. The Labute approximate surface area is 125 Å². The zero-order valence-corrected chi connectivity index (χ0v) is 13.4. The number of rotatable bonds is 1. The topological polar surface area (TPSA) is 84.4 Å². The van der Waals surface area contributed by atoms with E-state index in [0.29, 0.717) is 5.69 Å². The summed E-state index contributed by atoms with van der Waals surface area (Å²) in [6, 6.07) is 1.77. The summed E-state index contributed by atoms with van der Waals surface area (Å²) in [4.78, 5) is 13.4. The zero-order chi connectivity index (χ0) is 15.8. The monoisotopic (exact) mass is 294 g/mol. The van der Waals surface area contributed by atoms with Crippen LogP contribution >= 0.6 is 0 Å². The molecule has 6 heteroatoms. The second kappa shape index (κ2) is 5.42. The van der Waals surface area contributed by atoms with Crippen LogP contribution in [-0.4, -0.2) is 44.9 Å². The first-order chi connectivity index (χ1) is 9.79. The summed E-state index contributed by atoms with van der Waals surface area (Å²) < 4.78 is 1.89. The molecule has 1 spiro atoms. The lowest BCUT2D eigenvalue weighted by Gasteiger charge is -2.52. The van der Waals surface area contributed by atoms with E-state index in [2.05, 4.69) is 17.0 Å². The number of amides is 1. The molecule has 3 rings (SSSR count). The Kier molecular flexibility index (Phi) is 4.13. The summed E-state index contributed by atoms with van der Waals surface area (Å²) in [5, 5.41) is 14.3. The quantitative estimate of drug-likeness (QED) is 0.809. The predicted octanol–water partition coefficient (Wildman–Crippen LogP) is 0.985. The molecule has 0 atom stereocenters. The molecule has 2 heterocycles. The molecular formula is C15H26N4O2. The van der Waals surface area contributed by atoms with Gasteiger partial charge in [0.15, 0.2) is 0 Å². The van der Waals surface area contributed by atoms with Crippen molar-refractivity contribution in [3.8, 4) is 0 Å². The van der Waals surface area contributed by atoms with Crippen LogP contribution in [0.25, 0.3) is 0 Å². The van der Waals surface area contributed by atoms with Crippen molar-refractivity contribution in [1.82, 2.24) is 14.7 Å².